The minimum Gasteiger partial charge on any atom is -0.395 e. The normalized spacial score (nSPS) is 9.15. The van der Waals surface area contributed by atoms with Crippen molar-refractivity contribution in [3.05, 3.63) is 35.1 Å². The van der Waals surface area contributed by atoms with Crippen molar-refractivity contribution in [3.63, 3.8) is 0 Å². The summed E-state index contributed by atoms with van der Waals surface area (Å²) >= 11 is 0. The Hall–Kier alpha value is -1.33. The SMILES string of the molecule is Cc1ccc(C#CCCO)c(F)c1. The van der Waals surface area contributed by atoms with Crippen LogP contribution in [0.1, 0.15) is 17.5 Å². The molecular formula is C11H11FO. The van der Waals surface area contributed by atoms with Crippen LogP contribution in [-0.4, -0.2) is 11.7 Å². The van der Waals surface area contributed by atoms with E-state index < -0.39 is 0 Å². The summed E-state index contributed by atoms with van der Waals surface area (Å²) in [5, 5.41) is 8.46. The van der Waals surface area contributed by atoms with Crippen LogP contribution in [-0.2, 0) is 0 Å². The molecule has 0 unspecified atom stereocenters. The van der Waals surface area contributed by atoms with Crippen molar-refractivity contribution in [2.75, 3.05) is 6.61 Å². The first-order valence-corrected chi connectivity index (χ1v) is 4.10. The molecule has 0 saturated carbocycles. The molecular weight excluding hydrogens is 167 g/mol. The Kier molecular flexibility index (Phi) is 3.48. The Bertz CT molecular complexity index is 347. The zero-order valence-corrected chi connectivity index (χ0v) is 7.47. The minimum absolute atomic E-state index is 0.0144. The highest BCUT2D eigenvalue weighted by molar-refractivity contribution is 5.37. The zero-order valence-electron chi connectivity index (χ0n) is 7.47. The predicted octanol–water partition coefficient (Wildman–Crippen LogP) is 1.87. The molecule has 1 rings (SSSR count). The Labute approximate surface area is 77.2 Å². The van der Waals surface area contributed by atoms with E-state index in [-0.39, 0.29) is 12.4 Å². The van der Waals surface area contributed by atoms with Crippen molar-refractivity contribution in [2.24, 2.45) is 0 Å². The summed E-state index contributed by atoms with van der Waals surface area (Å²) in [6.07, 6.45) is 0.382. The van der Waals surface area contributed by atoms with Gasteiger partial charge in [0.05, 0.1) is 12.2 Å². The van der Waals surface area contributed by atoms with Gasteiger partial charge in [-0.2, -0.15) is 0 Å². The second kappa shape index (κ2) is 4.64. The average Bonchev–Trinajstić information content (AvgIpc) is 2.09. The lowest BCUT2D eigenvalue weighted by molar-refractivity contribution is 0.305. The summed E-state index contributed by atoms with van der Waals surface area (Å²) in [6.45, 7) is 1.84. The van der Waals surface area contributed by atoms with Crippen LogP contribution >= 0.6 is 0 Å². The van der Waals surface area contributed by atoms with Crippen LogP contribution in [0.3, 0.4) is 0 Å². The van der Waals surface area contributed by atoms with Crippen molar-refractivity contribution in [1.82, 2.24) is 0 Å². The van der Waals surface area contributed by atoms with E-state index in [1.54, 1.807) is 6.07 Å². The van der Waals surface area contributed by atoms with Gasteiger partial charge in [0.2, 0.25) is 0 Å². The summed E-state index contributed by atoms with van der Waals surface area (Å²) in [4.78, 5) is 0. The van der Waals surface area contributed by atoms with Gasteiger partial charge in [-0.3, -0.25) is 0 Å². The van der Waals surface area contributed by atoms with E-state index in [1.165, 1.54) is 6.07 Å². The van der Waals surface area contributed by atoms with Gasteiger partial charge in [-0.15, -0.1) is 0 Å². The van der Waals surface area contributed by atoms with E-state index in [4.69, 9.17) is 5.11 Å². The highest BCUT2D eigenvalue weighted by atomic mass is 19.1. The van der Waals surface area contributed by atoms with Crippen LogP contribution in [0.25, 0.3) is 0 Å². The number of aliphatic hydroxyl groups is 1. The van der Waals surface area contributed by atoms with Gasteiger partial charge in [0.25, 0.3) is 0 Å². The smallest absolute Gasteiger partial charge is 0.139 e. The highest BCUT2D eigenvalue weighted by Gasteiger charge is 1.97. The highest BCUT2D eigenvalue weighted by Crippen LogP contribution is 2.07. The van der Waals surface area contributed by atoms with Gasteiger partial charge in [0, 0.05) is 6.42 Å². The van der Waals surface area contributed by atoms with Crippen molar-refractivity contribution in [1.29, 1.82) is 0 Å². The number of aryl methyl sites for hydroxylation is 1. The fourth-order valence-corrected chi connectivity index (χ4v) is 0.935. The molecule has 1 N–H and O–H groups in total. The molecule has 1 aromatic carbocycles. The molecule has 2 heteroatoms. The molecule has 0 heterocycles. The van der Waals surface area contributed by atoms with Gasteiger partial charge in [0.1, 0.15) is 5.82 Å². The lowest BCUT2D eigenvalue weighted by Gasteiger charge is -1.95. The van der Waals surface area contributed by atoms with Gasteiger partial charge in [-0.05, 0) is 24.6 Å². The third-order valence-corrected chi connectivity index (χ3v) is 1.58. The van der Waals surface area contributed by atoms with Crippen LogP contribution in [0.5, 0.6) is 0 Å². The quantitative estimate of drug-likeness (QED) is 0.651. The topological polar surface area (TPSA) is 20.2 Å². The van der Waals surface area contributed by atoms with E-state index in [0.29, 0.717) is 12.0 Å². The van der Waals surface area contributed by atoms with Crippen LogP contribution in [0, 0.1) is 24.6 Å². The van der Waals surface area contributed by atoms with Crippen LogP contribution in [0.15, 0.2) is 18.2 Å². The number of aliphatic hydroxyl groups excluding tert-OH is 1. The molecule has 0 aliphatic rings. The van der Waals surface area contributed by atoms with Crippen LogP contribution in [0.2, 0.25) is 0 Å². The first-order valence-electron chi connectivity index (χ1n) is 4.10. The van der Waals surface area contributed by atoms with Crippen molar-refractivity contribution in [2.45, 2.75) is 13.3 Å². The van der Waals surface area contributed by atoms with Gasteiger partial charge < -0.3 is 5.11 Å². The second-order valence-corrected chi connectivity index (χ2v) is 2.76. The summed E-state index contributed by atoms with van der Waals surface area (Å²) < 4.78 is 13.1. The largest absolute Gasteiger partial charge is 0.395 e. The molecule has 0 atom stereocenters. The summed E-state index contributed by atoms with van der Waals surface area (Å²) in [5.74, 6) is 5.03. The number of benzene rings is 1. The maximum absolute atomic E-state index is 13.1. The monoisotopic (exact) mass is 178 g/mol. The van der Waals surface area contributed by atoms with E-state index in [1.807, 2.05) is 13.0 Å². The van der Waals surface area contributed by atoms with E-state index in [9.17, 15) is 4.39 Å². The molecule has 0 aliphatic carbocycles. The predicted molar refractivity (Wildman–Crippen MR) is 49.7 cm³/mol. The number of rotatable bonds is 1. The Morgan fingerprint density at radius 2 is 2.23 bits per heavy atom. The Morgan fingerprint density at radius 1 is 1.46 bits per heavy atom. The fourth-order valence-electron chi connectivity index (χ4n) is 0.935. The third-order valence-electron chi connectivity index (χ3n) is 1.58. The standard InChI is InChI=1S/C11H11FO/c1-9-5-6-10(11(12)8-9)4-2-3-7-13/h5-6,8,13H,3,7H2,1H3. The molecule has 0 aliphatic heterocycles. The molecule has 1 aromatic rings. The van der Waals surface area contributed by atoms with Crippen molar-refractivity contribution >= 4 is 0 Å². The molecule has 13 heavy (non-hydrogen) atoms. The van der Waals surface area contributed by atoms with Gasteiger partial charge >= 0.3 is 0 Å². The second-order valence-electron chi connectivity index (χ2n) is 2.76. The number of hydrogen-bond acceptors (Lipinski definition) is 1. The molecule has 0 aromatic heterocycles. The molecule has 0 spiro atoms. The molecule has 0 radical (unpaired) electrons. The molecule has 68 valence electrons. The summed E-state index contributed by atoms with van der Waals surface area (Å²) in [5.41, 5.74) is 1.27. The maximum Gasteiger partial charge on any atom is 0.139 e. The van der Waals surface area contributed by atoms with Crippen LogP contribution in [0.4, 0.5) is 4.39 Å². The molecule has 0 saturated heterocycles. The van der Waals surface area contributed by atoms with Crippen molar-refractivity contribution in [3.8, 4) is 11.8 Å². The van der Waals surface area contributed by atoms with E-state index in [0.717, 1.165) is 5.56 Å². The average molecular weight is 178 g/mol. The lowest BCUT2D eigenvalue weighted by atomic mass is 10.1. The van der Waals surface area contributed by atoms with E-state index in [2.05, 4.69) is 11.8 Å². The van der Waals surface area contributed by atoms with E-state index >= 15 is 0 Å². The molecule has 1 nitrogen and oxygen atoms in total. The van der Waals surface area contributed by atoms with Crippen molar-refractivity contribution < 1.29 is 9.50 Å². The summed E-state index contributed by atoms with van der Waals surface area (Å²) in [6, 6.07) is 4.91. The summed E-state index contributed by atoms with van der Waals surface area (Å²) in [7, 11) is 0. The maximum atomic E-state index is 13.1. The number of hydrogen-bond donors (Lipinski definition) is 1. The van der Waals surface area contributed by atoms with Gasteiger partial charge in [0.15, 0.2) is 0 Å². The minimum atomic E-state index is -0.301. The zero-order chi connectivity index (χ0) is 9.68. The van der Waals surface area contributed by atoms with Gasteiger partial charge in [-0.1, -0.05) is 17.9 Å². The molecule has 0 amide bonds. The lowest BCUT2D eigenvalue weighted by Crippen LogP contribution is -1.85. The third kappa shape index (κ3) is 2.89. The Balaban J connectivity index is 2.85. The number of halogens is 1. The van der Waals surface area contributed by atoms with Crippen LogP contribution < -0.4 is 0 Å². The fraction of sp³-hybridized carbons (Fsp3) is 0.273. The Morgan fingerprint density at radius 3 is 2.85 bits per heavy atom. The van der Waals surface area contributed by atoms with Gasteiger partial charge in [-0.25, -0.2) is 4.39 Å². The first kappa shape index (κ1) is 9.76. The first-order chi connectivity index (χ1) is 6.24. The molecule has 0 bridgehead atoms. The molecule has 0 fully saturated rings.